The van der Waals surface area contributed by atoms with Gasteiger partial charge in [0.1, 0.15) is 0 Å². The number of ether oxygens (including phenoxy) is 2. The molecule has 2 aromatic rings. The number of nitrogens with one attached hydrogen (secondary N) is 2. The number of amides is 2. The quantitative estimate of drug-likeness (QED) is 0.846. The molecule has 0 aliphatic heterocycles. The molecule has 0 saturated carbocycles. The van der Waals surface area contributed by atoms with Crippen molar-refractivity contribution in [2.75, 3.05) is 26.1 Å². The predicted octanol–water partition coefficient (Wildman–Crippen LogP) is 2.69. The molecule has 0 radical (unpaired) electrons. The number of carbonyl (C=O) groups is 2. The normalized spacial score (nSPS) is 10.1. The molecular formula is C19H22N2O4. The molecule has 2 N–H and O–H groups in total. The van der Waals surface area contributed by atoms with E-state index in [1.54, 1.807) is 18.2 Å². The lowest BCUT2D eigenvalue weighted by atomic mass is 10.1. The molecule has 25 heavy (non-hydrogen) atoms. The third kappa shape index (κ3) is 4.73. The first kappa shape index (κ1) is 18.3. The molecule has 0 atom stereocenters. The summed E-state index contributed by atoms with van der Waals surface area (Å²) in [6.07, 6.45) is 0. The Hall–Kier alpha value is -3.02. The van der Waals surface area contributed by atoms with Gasteiger partial charge in [0.15, 0.2) is 11.5 Å². The third-order valence-corrected chi connectivity index (χ3v) is 3.72. The summed E-state index contributed by atoms with van der Waals surface area (Å²) in [4.78, 5) is 24.3. The highest BCUT2D eigenvalue weighted by molar-refractivity contribution is 5.99. The summed E-state index contributed by atoms with van der Waals surface area (Å²) in [5, 5.41) is 5.39. The van der Waals surface area contributed by atoms with Gasteiger partial charge in [0.25, 0.3) is 5.91 Å². The summed E-state index contributed by atoms with van der Waals surface area (Å²) in [6.45, 7) is 3.74. The second kappa shape index (κ2) is 8.19. The number of rotatable bonds is 6. The fourth-order valence-electron chi connectivity index (χ4n) is 2.30. The fraction of sp³-hybridized carbons (Fsp3) is 0.263. The van der Waals surface area contributed by atoms with Crippen molar-refractivity contribution in [3.05, 3.63) is 53.1 Å². The van der Waals surface area contributed by atoms with Gasteiger partial charge in [0.2, 0.25) is 5.91 Å². The monoisotopic (exact) mass is 342 g/mol. The summed E-state index contributed by atoms with van der Waals surface area (Å²) >= 11 is 0. The molecule has 0 unspecified atom stereocenters. The maximum atomic E-state index is 12.2. The maximum Gasteiger partial charge on any atom is 0.251 e. The van der Waals surface area contributed by atoms with Crippen molar-refractivity contribution in [2.45, 2.75) is 13.8 Å². The van der Waals surface area contributed by atoms with Crippen LogP contribution in [0.4, 0.5) is 5.69 Å². The first-order valence-corrected chi connectivity index (χ1v) is 7.82. The van der Waals surface area contributed by atoms with E-state index < -0.39 is 0 Å². The zero-order valence-corrected chi connectivity index (χ0v) is 14.8. The van der Waals surface area contributed by atoms with Crippen molar-refractivity contribution in [1.82, 2.24) is 5.32 Å². The van der Waals surface area contributed by atoms with Crippen molar-refractivity contribution in [3.8, 4) is 11.5 Å². The summed E-state index contributed by atoms with van der Waals surface area (Å²) in [7, 11) is 3.02. The molecule has 0 aliphatic rings. The van der Waals surface area contributed by atoms with Crippen LogP contribution >= 0.6 is 0 Å². The number of carbonyl (C=O) groups excluding carboxylic acids is 2. The number of benzene rings is 2. The van der Waals surface area contributed by atoms with Gasteiger partial charge >= 0.3 is 0 Å². The second-order valence-electron chi connectivity index (χ2n) is 5.62. The average molecular weight is 342 g/mol. The van der Waals surface area contributed by atoms with Crippen LogP contribution in [0.1, 0.15) is 21.5 Å². The lowest BCUT2D eigenvalue weighted by Crippen LogP contribution is -2.33. The number of hydrogen-bond donors (Lipinski definition) is 2. The van der Waals surface area contributed by atoms with E-state index in [1.807, 2.05) is 32.0 Å². The van der Waals surface area contributed by atoms with Crippen LogP contribution in [0, 0.1) is 13.8 Å². The van der Waals surface area contributed by atoms with Gasteiger partial charge in [-0.3, -0.25) is 9.59 Å². The van der Waals surface area contributed by atoms with E-state index in [4.69, 9.17) is 9.47 Å². The molecule has 0 spiro atoms. The summed E-state index contributed by atoms with van der Waals surface area (Å²) in [5.74, 6) is 0.335. The van der Waals surface area contributed by atoms with Gasteiger partial charge in [0.05, 0.1) is 20.8 Å². The molecule has 2 rings (SSSR count). The van der Waals surface area contributed by atoms with Crippen LogP contribution in [0.3, 0.4) is 0 Å². The van der Waals surface area contributed by atoms with E-state index in [2.05, 4.69) is 10.6 Å². The van der Waals surface area contributed by atoms with Gasteiger partial charge in [-0.25, -0.2) is 0 Å². The minimum absolute atomic E-state index is 0.124. The van der Waals surface area contributed by atoms with Crippen molar-refractivity contribution in [3.63, 3.8) is 0 Å². The van der Waals surface area contributed by atoms with Gasteiger partial charge in [-0.1, -0.05) is 12.1 Å². The molecule has 2 amide bonds. The number of hydrogen-bond acceptors (Lipinski definition) is 4. The van der Waals surface area contributed by atoms with Gasteiger partial charge < -0.3 is 20.1 Å². The van der Waals surface area contributed by atoms with Crippen LogP contribution in [0.5, 0.6) is 11.5 Å². The van der Waals surface area contributed by atoms with Crippen LogP contribution in [-0.2, 0) is 4.79 Å². The lowest BCUT2D eigenvalue weighted by molar-refractivity contribution is -0.115. The lowest BCUT2D eigenvalue weighted by Gasteiger charge is -2.11. The molecule has 6 nitrogen and oxygen atoms in total. The number of aryl methyl sites for hydroxylation is 2. The zero-order valence-electron chi connectivity index (χ0n) is 14.8. The van der Waals surface area contributed by atoms with Gasteiger partial charge in [-0.05, 0) is 49.2 Å². The minimum Gasteiger partial charge on any atom is -0.493 e. The molecule has 0 fully saturated rings. The summed E-state index contributed by atoms with van der Waals surface area (Å²) < 4.78 is 10.3. The van der Waals surface area contributed by atoms with Crippen LogP contribution in [0.15, 0.2) is 36.4 Å². The van der Waals surface area contributed by atoms with E-state index in [0.29, 0.717) is 17.1 Å². The molecule has 0 aromatic heterocycles. The average Bonchev–Trinajstić information content (AvgIpc) is 2.62. The van der Waals surface area contributed by atoms with E-state index in [-0.39, 0.29) is 18.4 Å². The Bertz CT molecular complexity index is 787. The van der Waals surface area contributed by atoms with Gasteiger partial charge in [-0.15, -0.1) is 0 Å². The Balaban J connectivity index is 1.97. The molecule has 2 aromatic carbocycles. The van der Waals surface area contributed by atoms with Crippen molar-refractivity contribution < 1.29 is 19.1 Å². The molecule has 0 bridgehead atoms. The first-order chi connectivity index (χ1) is 11.9. The first-order valence-electron chi connectivity index (χ1n) is 7.82. The Kier molecular flexibility index (Phi) is 6.00. The predicted molar refractivity (Wildman–Crippen MR) is 96.4 cm³/mol. The molecular weight excluding hydrogens is 320 g/mol. The third-order valence-electron chi connectivity index (χ3n) is 3.72. The second-order valence-corrected chi connectivity index (χ2v) is 5.62. The largest absolute Gasteiger partial charge is 0.493 e. The number of anilines is 1. The van der Waals surface area contributed by atoms with Gasteiger partial charge in [0, 0.05) is 11.3 Å². The molecule has 132 valence electrons. The van der Waals surface area contributed by atoms with Crippen molar-refractivity contribution >= 4 is 17.5 Å². The van der Waals surface area contributed by atoms with E-state index in [9.17, 15) is 9.59 Å². The number of methoxy groups -OCH3 is 2. The van der Waals surface area contributed by atoms with Crippen LogP contribution in [-0.4, -0.2) is 32.6 Å². The van der Waals surface area contributed by atoms with Gasteiger partial charge in [-0.2, -0.15) is 0 Å². The fourth-order valence-corrected chi connectivity index (χ4v) is 2.30. The van der Waals surface area contributed by atoms with Crippen LogP contribution in [0.2, 0.25) is 0 Å². The summed E-state index contributed by atoms with van der Waals surface area (Å²) in [5.41, 5.74) is 3.14. The molecule has 6 heteroatoms. The van der Waals surface area contributed by atoms with E-state index in [0.717, 1.165) is 16.8 Å². The zero-order chi connectivity index (χ0) is 18.4. The highest BCUT2D eigenvalue weighted by Gasteiger charge is 2.12. The van der Waals surface area contributed by atoms with Crippen molar-refractivity contribution in [1.29, 1.82) is 0 Å². The maximum absolute atomic E-state index is 12.2. The highest BCUT2D eigenvalue weighted by Crippen LogP contribution is 2.27. The Morgan fingerprint density at radius 3 is 2.36 bits per heavy atom. The standard InChI is InChI=1S/C19H22N2O4/c1-12-5-6-13(2)15(9-12)21-18(22)11-20-19(23)14-7-8-16(24-3)17(10-14)25-4/h5-10H,11H2,1-4H3,(H,20,23)(H,21,22). The highest BCUT2D eigenvalue weighted by atomic mass is 16.5. The molecule has 0 aliphatic carbocycles. The smallest absolute Gasteiger partial charge is 0.251 e. The minimum atomic E-state index is -0.364. The van der Waals surface area contributed by atoms with E-state index >= 15 is 0 Å². The topological polar surface area (TPSA) is 76.7 Å². The molecule has 0 heterocycles. The Labute approximate surface area is 147 Å². The molecule has 0 saturated heterocycles. The SMILES string of the molecule is COc1ccc(C(=O)NCC(=O)Nc2cc(C)ccc2C)cc1OC. The summed E-state index contributed by atoms with van der Waals surface area (Å²) in [6, 6.07) is 10.6. The van der Waals surface area contributed by atoms with Crippen LogP contribution < -0.4 is 20.1 Å². The van der Waals surface area contributed by atoms with Crippen molar-refractivity contribution in [2.24, 2.45) is 0 Å². The van der Waals surface area contributed by atoms with E-state index in [1.165, 1.54) is 14.2 Å². The Morgan fingerprint density at radius 1 is 0.960 bits per heavy atom. The van der Waals surface area contributed by atoms with Crippen LogP contribution in [0.25, 0.3) is 0 Å². The Morgan fingerprint density at radius 2 is 1.68 bits per heavy atom.